The molecule has 6 heteroatoms. The highest BCUT2D eigenvalue weighted by Crippen LogP contribution is 2.43. The number of ether oxygens (including phenoxy) is 1. The first-order valence-corrected chi connectivity index (χ1v) is 11.4. The highest BCUT2D eigenvalue weighted by molar-refractivity contribution is 7.10. The normalized spacial score (nSPS) is 23.3. The summed E-state index contributed by atoms with van der Waals surface area (Å²) in [4.78, 5) is 26.7. The van der Waals surface area contributed by atoms with Crippen LogP contribution in [0, 0.1) is 0 Å². The van der Waals surface area contributed by atoms with E-state index in [9.17, 15) is 9.59 Å². The van der Waals surface area contributed by atoms with Crippen molar-refractivity contribution in [3.8, 4) is 0 Å². The van der Waals surface area contributed by atoms with Gasteiger partial charge in [-0.1, -0.05) is 37.1 Å². The SMILES string of the molecule is O=C(Nc1ccccc1)OC1CCCC(NC(=O)C2(c3cccs3)CCCC2)C1. The minimum absolute atomic E-state index is 0.0585. The Hall–Kier alpha value is -2.34. The molecule has 2 amide bonds. The first-order chi connectivity index (χ1) is 14.2. The van der Waals surface area contributed by atoms with Gasteiger partial charge in [-0.05, 0) is 55.7 Å². The summed E-state index contributed by atoms with van der Waals surface area (Å²) < 4.78 is 5.63. The van der Waals surface area contributed by atoms with Crippen molar-refractivity contribution in [3.63, 3.8) is 0 Å². The molecule has 1 aromatic heterocycles. The molecule has 2 N–H and O–H groups in total. The van der Waals surface area contributed by atoms with Crippen LogP contribution in [0.3, 0.4) is 0 Å². The summed E-state index contributed by atoms with van der Waals surface area (Å²) in [5.74, 6) is 0.150. The van der Waals surface area contributed by atoms with Crippen LogP contribution in [-0.4, -0.2) is 24.1 Å². The Morgan fingerprint density at radius 2 is 1.79 bits per heavy atom. The van der Waals surface area contributed by atoms with Crippen LogP contribution in [0.2, 0.25) is 0 Å². The van der Waals surface area contributed by atoms with Gasteiger partial charge in [0.05, 0.1) is 5.41 Å². The third-order valence-corrected chi connectivity index (χ3v) is 7.21. The van der Waals surface area contributed by atoms with Crippen LogP contribution in [0.1, 0.15) is 56.2 Å². The molecule has 0 spiro atoms. The summed E-state index contributed by atoms with van der Waals surface area (Å²) in [5.41, 5.74) is 0.351. The van der Waals surface area contributed by atoms with Gasteiger partial charge in [0.25, 0.3) is 0 Å². The Balaban J connectivity index is 1.33. The predicted octanol–water partition coefficient (Wildman–Crippen LogP) is 5.24. The maximum absolute atomic E-state index is 13.3. The number of hydrogen-bond donors (Lipinski definition) is 2. The molecule has 4 rings (SSSR count). The lowest BCUT2D eigenvalue weighted by atomic mass is 9.82. The number of anilines is 1. The van der Waals surface area contributed by atoms with Gasteiger partial charge < -0.3 is 10.1 Å². The van der Waals surface area contributed by atoms with Crippen molar-refractivity contribution in [3.05, 3.63) is 52.7 Å². The van der Waals surface area contributed by atoms with Gasteiger partial charge >= 0.3 is 6.09 Å². The average Bonchev–Trinajstić information content (AvgIpc) is 3.41. The van der Waals surface area contributed by atoms with Crippen molar-refractivity contribution in [2.45, 2.75) is 68.9 Å². The lowest BCUT2D eigenvalue weighted by Gasteiger charge is -2.33. The van der Waals surface area contributed by atoms with Gasteiger partial charge in [0.2, 0.25) is 5.91 Å². The van der Waals surface area contributed by atoms with E-state index < -0.39 is 6.09 Å². The van der Waals surface area contributed by atoms with Gasteiger partial charge in [-0.3, -0.25) is 10.1 Å². The Labute approximate surface area is 175 Å². The molecule has 2 fully saturated rings. The average molecular weight is 413 g/mol. The van der Waals surface area contributed by atoms with Gasteiger partial charge in [-0.2, -0.15) is 0 Å². The third kappa shape index (κ3) is 4.64. The minimum Gasteiger partial charge on any atom is -0.446 e. The number of thiophene rings is 1. The van der Waals surface area contributed by atoms with Gasteiger partial charge in [0, 0.05) is 23.0 Å². The van der Waals surface area contributed by atoms with Crippen LogP contribution in [0.5, 0.6) is 0 Å². The van der Waals surface area contributed by atoms with E-state index in [0.717, 1.165) is 50.6 Å². The van der Waals surface area contributed by atoms with Crippen molar-refractivity contribution in [1.29, 1.82) is 0 Å². The largest absolute Gasteiger partial charge is 0.446 e. The number of benzene rings is 1. The predicted molar refractivity (Wildman–Crippen MR) is 115 cm³/mol. The molecule has 0 saturated heterocycles. The second-order valence-electron chi connectivity index (χ2n) is 8.12. The molecule has 154 valence electrons. The first-order valence-electron chi connectivity index (χ1n) is 10.5. The fourth-order valence-corrected chi connectivity index (χ4v) is 5.62. The van der Waals surface area contributed by atoms with Crippen LogP contribution in [0.4, 0.5) is 10.5 Å². The third-order valence-electron chi connectivity index (χ3n) is 6.14. The summed E-state index contributed by atoms with van der Waals surface area (Å²) in [6, 6.07) is 13.5. The summed E-state index contributed by atoms with van der Waals surface area (Å²) >= 11 is 1.68. The highest BCUT2D eigenvalue weighted by Gasteiger charge is 2.44. The van der Waals surface area contributed by atoms with Crippen molar-refractivity contribution >= 4 is 29.0 Å². The van der Waals surface area contributed by atoms with Crippen molar-refractivity contribution in [2.75, 3.05) is 5.32 Å². The van der Waals surface area contributed by atoms with E-state index in [4.69, 9.17) is 4.74 Å². The maximum atomic E-state index is 13.3. The molecule has 0 bridgehead atoms. The molecule has 0 aliphatic heterocycles. The molecule has 29 heavy (non-hydrogen) atoms. The minimum atomic E-state index is -0.431. The van der Waals surface area contributed by atoms with Crippen LogP contribution in [0.15, 0.2) is 47.8 Å². The molecule has 2 aliphatic carbocycles. The Kier molecular flexibility index (Phi) is 6.19. The van der Waals surface area contributed by atoms with Gasteiger partial charge in [0.1, 0.15) is 6.10 Å². The van der Waals surface area contributed by atoms with E-state index in [1.54, 1.807) is 11.3 Å². The molecule has 1 heterocycles. The fourth-order valence-electron chi connectivity index (χ4n) is 4.64. The van der Waals surface area contributed by atoms with Gasteiger partial charge in [-0.15, -0.1) is 11.3 Å². The number of carbonyl (C=O) groups is 2. The van der Waals surface area contributed by atoms with E-state index in [1.165, 1.54) is 4.88 Å². The quantitative estimate of drug-likeness (QED) is 0.706. The number of nitrogens with one attached hydrogen (secondary N) is 2. The molecule has 2 atom stereocenters. The van der Waals surface area contributed by atoms with Crippen LogP contribution < -0.4 is 10.6 Å². The maximum Gasteiger partial charge on any atom is 0.411 e. The zero-order valence-corrected chi connectivity index (χ0v) is 17.4. The molecule has 0 radical (unpaired) electrons. The second kappa shape index (κ2) is 8.99. The Morgan fingerprint density at radius 3 is 2.52 bits per heavy atom. The summed E-state index contributed by atoms with van der Waals surface area (Å²) in [6.45, 7) is 0. The molecule has 2 aliphatic rings. The molecule has 2 unspecified atom stereocenters. The summed E-state index contributed by atoms with van der Waals surface area (Å²) in [6.07, 6.45) is 6.84. The fraction of sp³-hybridized carbons (Fsp3) is 0.478. The topological polar surface area (TPSA) is 67.4 Å². The standard InChI is InChI=1S/C23H28N2O3S/c26-21(23(13-4-5-14-23)20-12-7-15-29-20)24-18-10-6-11-19(16-18)28-22(27)25-17-8-2-1-3-9-17/h1-3,7-9,12,15,18-19H,4-6,10-11,13-14,16H2,(H,24,26)(H,25,27). The number of para-hydroxylation sites is 1. The number of amides is 2. The van der Waals surface area contributed by atoms with E-state index in [-0.39, 0.29) is 23.5 Å². The molecular formula is C23H28N2O3S. The lowest BCUT2D eigenvalue weighted by molar-refractivity contribution is -0.127. The smallest absolute Gasteiger partial charge is 0.411 e. The molecule has 2 aromatic rings. The number of carbonyl (C=O) groups excluding carboxylic acids is 2. The van der Waals surface area contributed by atoms with Crippen LogP contribution in [-0.2, 0) is 14.9 Å². The van der Waals surface area contributed by atoms with Crippen molar-refractivity contribution < 1.29 is 14.3 Å². The Morgan fingerprint density at radius 1 is 1.00 bits per heavy atom. The molecule has 2 saturated carbocycles. The second-order valence-corrected chi connectivity index (χ2v) is 9.07. The number of hydrogen-bond acceptors (Lipinski definition) is 4. The zero-order valence-electron chi connectivity index (χ0n) is 16.6. The molecule has 1 aromatic carbocycles. The zero-order chi connectivity index (χ0) is 20.1. The van der Waals surface area contributed by atoms with Crippen LogP contribution in [0.25, 0.3) is 0 Å². The van der Waals surface area contributed by atoms with E-state index in [1.807, 2.05) is 36.4 Å². The van der Waals surface area contributed by atoms with Gasteiger partial charge in [0.15, 0.2) is 0 Å². The number of rotatable bonds is 5. The molecule has 5 nitrogen and oxygen atoms in total. The van der Waals surface area contributed by atoms with E-state index in [0.29, 0.717) is 6.42 Å². The summed E-state index contributed by atoms with van der Waals surface area (Å²) in [5, 5.41) is 8.12. The van der Waals surface area contributed by atoms with Crippen molar-refractivity contribution in [2.24, 2.45) is 0 Å². The lowest BCUT2D eigenvalue weighted by Crippen LogP contribution is -2.49. The highest BCUT2D eigenvalue weighted by atomic mass is 32.1. The molecular weight excluding hydrogens is 384 g/mol. The monoisotopic (exact) mass is 412 g/mol. The Bertz CT molecular complexity index is 816. The van der Waals surface area contributed by atoms with Gasteiger partial charge in [-0.25, -0.2) is 4.79 Å². The van der Waals surface area contributed by atoms with E-state index in [2.05, 4.69) is 22.1 Å². The van der Waals surface area contributed by atoms with Crippen molar-refractivity contribution in [1.82, 2.24) is 5.32 Å². The van der Waals surface area contributed by atoms with Crippen LogP contribution >= 0.6 is 11.3 Å². The van der Waals surface area contributed by atoms with E-state index >= 15 is 0 Å². The summed E-state index contributed by atoms with van der Waals surface area (Å²) in [7, 11) is 0. The first kappa shape index (κ1) is 20.0.